The van der Waals surface area contributed by atoms with Crippen LogP contribution in [0.2, 0.25) is 0 Å². The molecule has 0 bridgehead atoms. The molecule has 0 radical (unpaired) electrons. The molecule has 0 aliphatic heterocycles. The number of hydrogen-bond acceptors (Lipinski definition) is 4. The van der Waals surface area contributed by atoms with Crippen LogP contribution in [0.3, 0.4) is 0 Å². The van der Waals surface area contributed by atoms with Crippen molar-refractivity contribution in [1.82, 2.24) is 0 Å². The second kappa shape index (κ2) is 4.87. The molecular formula is C14H12O4. The highest BCUT2D eigenvalue weighted by atomic mass is 16.5. The van der Waals surface area contributed by atoms with Crippen LogP contribution in [0.5, 0.6) is 0 Å². The predicted octanol–water partition coefficient (Wildman–Crippen LogP) is 1.62. The van der Waals surface area contributed by atoms with Crippen LogP contribution in [0.25, 0.3) is 0 Å². The van der Waals surface area contributed by atoms with E-state index >= 15 is 0 Å². The van der Waals surface area contributed by atoms with Crippen LogP contribution in [-0.4, -0.2) is 25.8 Å². The fourth-order valence-corrected chi connectivity index (χ4v) is 1.69. The van der Waals surface area contributed by atoms with Gasteiger partial charge < -0.3 is 9.47 Å². The van der Waals surface area contributed by atoms with Crippen molar-refractivity contribution >= 4 is 11.6 Å². The minimum absolute atomic E-state index is 0.173. The highest BCUT2D eigenvalue weighted by molar-refractivity contribution is 6.06. The topological polar surface area (TPSA) is 52.6 Å². The summed E-state index contributed by atoms with van der Waals surface area (Å²) in [5.74, 6) is 0.206. The Bertz CT molecular complexity index is 506. The summed E-state index contributed by atoms with van der Waals surface area (Å²) in [7, 11) is 2.89. The molecule has 0 heterocycles. The van der Waals surface area contributed by atoms with Crippen LogP contribution in [0.1, 0.15) is 0 Å². The fourth-order valence-electron chi connectivity index (χ4n) is 1.69. The zero-order valence-corrected chi connectivity index (χ0v) is 10.1. The Balaban J connectivity index is 2.44. The van der Waals surface area contributed by atoms with Crippen molar-refractivity contribution in [1.29, 1.82) is 0 Å². The highest BCUT2D eigenvalue weighted by Crippen LogP contribution is 2.22. The molecule has 2 aliphatic carbocycles. The van der Waals surface area contributed by atoms with Gasteiger partial charge in [-0.1, -0.05) is 12.2 Å². The third-order valence-corrected chi connectivity index (χ3v) is 2.66. The first-order valence-corrected chi connectivity index (χ1v) is 5.36. The number of hydrogen-bond donors (Lipinski definition) is 0. The zero-order valence-electron chi connectivity index (χ0n) is 10.1. The highest BCUT2D eigenvalue weighted by Gasteiger charge is 2.16. The summed E-state index contributed by atoms with van der Waals surface area (Å²) in [6.45, 7) is 0. The summed E-state index contributed by atoms with van der Waals surface area (Å²) in [6, 6.07) is 0. The molecular weight excluding hydrogens is 232 g/mol. The summed E-state index contributed by atoms with van der Waals surface area (Å²) in [5.41, 5.74) is 1.59. The lowest BCUT2D eigenvalue weighted by Gasteiger charge is -2.12. The Morgan fingerprint density at radius 3 is 1.44 bits per heavy atom. The smallest absolute Gasteiger partial charge is 0.220 e. The van der Waals surface area contributed by atoms with Gasteiger partial charge in [-0.3, -0.25) is 9.59 Å². The number of methoxy groups -OCH3 is 2. The molecule has 0 atom stereocenters. The maximum Gasteiger partial charge on any atom is 0.220 e. The third kappa shape index (κ3) is 2.18. The second-order valence-corrected chi connectivity index (χ2v) is 3.73. The van der Waals surface area contributed by atoms with Crippen LogP contribution in [0.15, 0.2) is 59.1 Å². The number of ether oxygens (including phenoxy) is 2. The van der Waals surface area contributed by atoms with Crippen molar-refractivity contribution < 1.29 is 19.1 Å². The van der Waals surface area contributed by atoms with Crippen LogP contribution >= 0.6 is 0 Å². The molecule has 0 saturated heterocycles. The van der Waals surface area contributed by atoms with Gasteiger partial charge in [0.15, 0.2) is 11.5 Å². The molecule has 0 amide bonds. The number of rotatable bonds is 2. The molecule has 2 aliphatic rings. The Morgan fingerprint density at radius 2 is 1.11 bits per heavy atom. The summed E-state index contributed by atoms with van der Waals surface area (Å²) in [4.78, 5) is 22.8. The summed E-state index contributed by atoms with van der Waals surface area (Å²) in [5, 5.41) is 0. The van der Waals surface area contributed by atoms with Crippen LogP contribution in [-0.2, 0) is 19.1 Å². The van der Waals surface area contributed by atoms with E-state index in [9.17, 15) is 9.59 Å². The van der Waals surface area contributed by atoms with Crippen molar-refractivity contribution in [2.75, 3.05) is 14.2 Å². The molecule has 18 heavy (non-hydrogen) atoms. The standard InChI is InChI=1S/C14H12O4/c1-17-13-7-9(3-5-11(13)15)10-4-6-12(16)14(8-10)18-2/h3-8H,1-2H3. The molecule has 0 spiro atoms. The monoisotopic (exact) mass is 244 g/mol. The summed E-state index contributed by atoms with van der Waals surface area (Å²) < 4.78 is 9.96. The molecule has 4 heteroatoms. The van der Waals surface area contributed by atoms with E-state index in [1.54, 1.807) is 24.3 Å². The number of allylic oxidation sites excluding steroid dienone is 8. The molecule has 0 unspecified atom stereocenters. The van der Waals surface area contributed by atoms with E-state index in [4.69, 9.17) is 9.47 Å². The molecule has 0 aromatic rings. The molecule has 0 aromatic heterocycles. The van der Waals surface area contributed by atoms with Crippen LogP contribution in [0.4, 0.5) is 0 Å². The van der Waals surface area contributed by atoms with Gasteiger partial charge in [-0.05, 0) is 35.5 Å². The van der Waals surface area contributed by atoms with E-state index < -0.39 is 0 Å². The van der Waals surface area contributed by atoms with Gasteiger partial charge >= 0.3 is 0 Å². The SMILES string of the molecule is COC1=CC(=C2C=CC(=O)C(OC)=C2)C=CC1=O. The lowest BCUT2D eigenvalue weighted by molar-refractivity contribution is -0.114. The van der Waals surface area contributed by atoms with Gasteiger partial charge in [0, 0.05) is 0 Å². The predicted molar refractivity (Wildman–Crippen MR) is 65.5 cm³/mol. The Labute approximate surface area is 105 Å². The van der Waals surface area contributed by atoms with Crippen molar-refractivity contribution in [3.8, 4) is 0 Å². The van der Waals surface area contributed by atoms with Gasteiger partial charge in [-0.25, -0.2) is 0 Å². The van der Waals surface area contributed by atoms with Crippen molar-refractivity contribution in [2.45, 2.75) is 0 Å². The Kier molecular flexibility index (Phi) is 3.28. The summed E-state index contributed by atoms with van der Waals surface area (Å²) in [6.07, 6.45) is 9.52. The van der Waals surface area contributed by atoms with Crippen molar-refractivity contribution in [3.63, 3.8) is 0 Å². The van der Waals surface area contributed by atoms with Gasteiger partial charge in [0.1, 0.15) is 0 Å². The largest absolute Gasteiger partial charge is 0.493 e. The minimum atomic E-state index is -0.173. The maximum atomic E-state index is 11.4. The number of ketones is 2. The number of carbonyl (C=O) groups is 2. The zero-order chi connectivity index (χ0) is 13.1. The van der Waals surface area contributed by atoms with E-state index in [2.05, 4.69) is 0 Å². The van der Waals surface area contributed by atoms with Crippen molar-refractivity contribution in [2.24, 2.45) is 0 Å². The van der Waals surface area contributed by atoms with E-state index in [1.807, 2.05) is 0 Å². The summed E-state index contributed by atoms with van der Waals surface area (Å²) >= 11 is 0. The minimum Gasteiger partial charge on any atom is -0.493 e. The maximum absolute atomic E-state index is 11.4. The average molecular weight is 244 g/mol. The van der Waals surface area contributed by atoms with Gasteiger partial charge in [0.2, 0.25) is 11.6 Å². The van der Waals surface area contributed by atoms with E-state index in [1.165, 1.54) is 26.4 Å². The normalized spacial score (nSPS) is 22.8. The first-order valence-electron chi connectivity index (χ1n) is 5.36. The molecule has 2 rings (SSSR count). The van der Waals surface area contributed by atoms with E-state index in [-0.39, 0.29) is 23.1 Å². The van der Waals surface area contributed by atoms with Crippen LogP contribution in [0, 0.1) is 0 Å². The Morgan fingerprint density at radius 1 is 0.722 bits per heavy atom. The molecule has 92 valence electrons. The molecule has 0 N–H and O–H groups in total. The lowest BCUT2D eigenvalue weighted by atomic mass is 9.97. The fraction of sp³-hybridized carbons (Fsp3) is 0.143. The van der Waals surface area contributed by atoms with Gasteiger partial charge in [0.05, 0.1) is 14.2 Å². The average Bonchev–Trinajstić information content (AvgIpc) is 2.40. The first kappa shape index (κ1) is 12.1. The molecule has 4 nitrogen and oxygen atoms in total. The van der Waals surface area contributed by atoms with Gasteiger partial charge in [-0.2, -0.15) is 0 Å². The Hall–Kier alpha value is -2.36. The van der Waals surface area contributed by atoms with Gasteiger partial charge in [0.25, 0.3) is 0 Å². The number of carbonyl (C=O) groups excluding carboxylic acids is 2. The quantitative estimate of drug-likeness (QED) is 0.740. The van der Waals surface area contributed by atoms with E-state index in [0.29, 0.717) is 0 Å². The van der Waals surface area contributed by atoms with Crippen molar-refractivity contribution in [3.05, 3.63) is 59.1 Å². The first-order chi connectivity index (χ1) is 8.65. The lowest BCUT2D eigenvalue weighted by Crippen LogP contribution is -2.08. The molecule has 0 aromatic carbocycles. The van der Waals surface area contributed by atoms with Gasteiger partial charge in [-0.15, -0.1) is 0 Å². The van der Waals surface area contributed by atoms with E-state index in [0.717, 1.165) is 11.1 Å². The van der Waals surface area contributed by atoms with Crippen LogP contribution < -0.4 is 0 Å². The molecule has 0 fully saturated rings. The third-order valence-electron chi connectivity index (χ3n) is 2.66. The second-order valence-electron chi connectivity index (χ2n) is 3.73. The molecule has 0 saturated carbocycles.